The second kappa shape index (κ2) is 10.8. The van der Waals surface area contributed by atoms with Gasteiger partial charge in [-0.05, 0) is 42.8 Å². The van der Waals surface area contributed by atoms with Gasteiger partial charge in [0.15, 0.2) is 22.5 Å². The number of ether oxygens (including phenoxy) is 2. The van der Waals surface area contributed by atoms with Gasteiger partial charge in [0.1, 0.15) is 5.82 Å². The fraction of sp³-hybridized carbons (Fsp3) is 0.273. The van der Waals surface area contributed by atoms with Crippen LogP contribution in [0.3, 0.4) is 0 Å². The van der Waals surface area contributed by atoms with Gasteiger partial charge in [0.05, 0.1) is 26.5 Å². The van der Waals surface area contributed by atoms with Crippen LogP contribution >= 0.6 is 11.8 Å². The van der Waals surface area contributed by atoms with Gasteiger partial charge in [-0.2, -0.15) is 0 Å². The van der Waals surface area contributed by atoms with E-state index in [1.807, 2.05) is 0 Å². The van der Waals surface area contributed by atoms with E-state index in [0.29, 0.717) is 33.7 Å². The number of anilines is 1. The monoisotopic (exact) mass is 473 g/mol. The third-order valence-electron chi connectivity index (χ3n) is 4.78. The van der Waals surface area contributed by atoms with Crippen molar-refractivity contribution in [2.75, 3.05) is 25.3 Å². The second-order valence-corrected chi connectivity index (χ2v) is 7.95. The van der Waals surface area contributed by atoms with Crippen molar-refractivity contribution >= 4 is 29.3 Å². The van der Waals surface area contributed by atoms with E-state index in [1.165, 1.54) is 38.1 Å². The number of nitrogens with zero attached hydrogens (tertiary/aromatic N) is 3. The smallest absolute Gasteiger partial charge is 0.251 e. The molecule has 0 bridgehead atoms. The molecule has 11 heteroatoms. The van der Waals surface area contributed by atoms with Gasteiger partial charge >= 0.3 is 0 Å². The molecule has 2 amide bonds. The summed E-state index contributed by atoms with van der Waals surface area (Å²) >= 11 is 1.19. The summed E-state index contributed by atoms with van der Waals surface area (Å²) < 4.78 is 25.5. The van der Waals surface area contributed by atoms with Crippen LogP contribution in [-0.4, -0.2) is 46.6 Å². The topological polar surface area (TPSA) is 107 Å². The number of methoxy groups -OCH3 is 2. The molecular weight excluding hydrogens is 449 g/mol. The van der Waals surface area contributed by atoms with Crippen molar-refractivity contribution in [1.82, 2.24) is 20.1 Å². The van der Waals surface area contributed by atoms with Gasteiger partial charge in [-0.3, -0.25) is 9.59 Å². The lowest BCUT2D eigenvalue weighted by molar-refractivity contribution is -0.113. The molecule has 0 saturated heterocycles. The fourth-order valence-corrected chi connectivity index (χ4v) is 3.64. The highest BCUT2D eigenvalue weighted by Crippen LogP contribution is 2.27. The van der Waals surface area contributed by atoms with Crippen molar-refractivity contribution in [3.8, 4) is 11.5 Å². The quantitative estimate of drug-likeness (QED) is 0.460. The molecule has 3 rings (SSSR count). The Morgan fingerprint density at radius 2 is 1.85 bits per heavy atom. The summed E-state index contributed by atoms with van der Waals surface area (Å²) in [5, 5.41) is 14.1. The number of thioether (sulfide) groups is 1. The third-order valence-corrected chi connectivity index (χ3v) is 5.80. The number of carbonyl (C=O) groups is 2. The van der Waals surface area contributed by atoms with Gasteiger partial charge in [0.2, 0.25) is 5.91 Å². The number of aryl methyl sites for hydroxylation is 1. The van der Waals surface area contributed by atoms with E-state index < -0.39 is 5.82 Å². The van der Waals surface area contributed by atoms with Crippen LogP contribution in [0.4, 0.5) is 10.1 Å². The van der Waals surface area contributed by atoms with Gasteiger partial charge in [-0.1, -0.05) is 17.8 Å². The predicted octanol–water partition coefficient (Wildman–Crippen LogP) is 2.94. The summed E-state index contributed by atoms with van der Waals surface area (Å²) in [6.45, 7) is 1.93. The summed E-state index contributed by atoms with van der Waals surface area (Å²) in [6, 6.07) is 9.09. The average molecular weight is 474 g/mol. The first-order chi connectivity index (χ1) is 15.8. The van der Waals surface area contributed by atoms with E-state index in [2.05, 4.69) is 20.8 Å². The van der Waals surface area contributed by atoms with E-state index in [4.69, 9.17) is 9.47 Å². The third kappa shape index (κ3) is 6.01. The van der Waals surface area contributed by atoms with Crippen LogP contribution < -0.4 is 20.1 Å². The van der Waals surface area contributed by atoms with Crippen LogP contribution in [0.25, 0.3) is 0 Å². The number of amides is 2. The normalized spacial score (nSPS) is 10.6. The molecule has 0 aliphatic heterocycles. The van der Waals surface area contributed by atoms with Gasteiger partial charge < -0.3 is 24.7 Å². The Kier molecular flexibility index (Phi) is 7.88. The number of aromatic nitrogens is 3. The van der Waals surface area contributed by atoms with E-state index >= 15 is 0 Å². The highest BCUT2D eigenvalue weighted by atomic mass is 32.2. The van der Waals surface area contributed by atoms with Crippen LogP contribution in [0.2, 0.25) is 0 Å². The molecule has 0 saturated carbocycles. The number of halogens is 1. The van der Waals surface area contributed by atoms with Crippen molar-refractivity contribution < 1.29 is 23.5 Å². The molecule has 0 spiro atoms. The molecule has 3 aromatic rings. The first kappa shape index (κ1) is 24.1. The minimum absolute atomic E-state index is 0.0694. The summed E-state index contributed by atoms with van der Waals surface area (Å²) in [4.78, 5) is 24.7. The Morgan fingerprint density at radius 3 is 2.58 bits per heavy atom. The standard InChI is InChI=1S/C22H24FN5O4S/c1-13-5-7-15(23)10-16(13)25-20(29)12-33-22-27-26-19(28(22)2)11-24-21(30)14-6-8-17(31-3)18(9-14)32-4/h5-10H,11-12H2,1-4H3,(H,24,30)(H,25,29). The molecule has 174 valence electrons. The minimum atomic E-state index is -0.420. The Balaban J connectivity index is 1.55. The maximum absolute atomic E-state index is 13.4. The first-order valence-electron chi connectivity index (χ1n) is 9.89. The molecule has 9 nitrogen and oxygen atoms in total. The molecule has 0 radical (unpaired) electrons. The lowest BCUT2D eigenvalue weighted by Crippen LogP contribution is -2.24. The number of hydrogen-bond acceptors (Lipinski definition) is 7. The average Bonchev–Trinajstić information content (AvgIpc) is 3.17. The Bertz CT molecular complexity index is 1170. The molecule has 1 aromatic heterocycles. The predicted molar refractivity (Wildman–Crippen MR) is 122 cm³/mol. The molecule has 0 fully saturated rings. The van der Waals surface area contributed by atoms with Gasteiger partial charge in [-0.25, -0.2) is 4.39 Å². The largest absolute Gasteiger partial charge is 0.493 e. The number of hydrogen-bond donors (Lipinski definition) is 2. The Hall–Kier alpha value is -3.60. The van der Waals surface area contributed by atoms with E-state index in [9.17, 15) is 14.0 Å². The summed E-state index contributed by atoms with van der Waals surface area (Å²) in [7, 11) is 4.76. The van der Waals surface area contributed by atoms with Crippen LogP contribution in [-0.2, 0) is 18.4 Å². The first-order valence-corrected chi connectivity index (χ1v) is 10.9. The molecule has 1 heterocycles. The molecule has 2 aromatic carbocycles. The summed E-state index contributed by atoms with van der Waals surface area (Å²) in [6.07, 6.45) is 0. The van der Waals surface area contributed by atoms with Crippen molar-refractivity contribution in [2.24, 2.45) is 7.05 Å². The van der Waals surface area contributed by atoms with Gasteiger partial charge in [0.25, 0.3) is 5.91 Å². The van der Waals surface area contributed by atoms with E-state index in [0.717, 1.165) is 5.56 Å². The Morgan fingerprint density at radius 1 is 1.09 bits per heavy atom. The highest BCUT2D eigenvalue weighted by molar-refractivity contribution is 7.99. The van der Waals surface area contributed by atoms with Crippen LogP contribution in [0.1, 0.15) is 21.7 Å². The second-order valence-electron chi connectivity index (χ2n) is 7.01. The van der Waals surface area contributed by atoms with Crippen LogP contribution in [0.15, 0.2) is 41.6 Å². The van der Waals surface area contributed by atoms with Crippen LogP contribution in [0.5, 0.6) is 11.5 Å². The van der Waals surface area contributed by atoms with Gasteiger partial charge in [0, 0.05) is 18.3 Å². The highest BCUT2D eigenvalue weighted by Gasteiger charge is 2.15. The molecular formula is C22H24FN5O4S. The molecule has 0 unspecified atom stereocenters. The van der Waals surface area contributed by atoms with Crippen molar-refractivity contribution in [3.63, 3.8) is 0 Å². The van der Waals surface area contributed by atoms with E-state index in [1.54, 1.807) is 42.8 Å². The van der Waals surface area contributed by atoms with Crippen molar-refractivity contribution in [3.05, 3.63) is 59.2 Å². The SMILES string of the molecule is COc1ccc(C(=O)NCc2nnc(SCC(=O)Nc3cc(F)ccc3C)n2C)cc1OC. The molecule has 2 N–H and O–H groups in total. The zero-order valence-corrected chi connectivity index (χ0v) is 19.5. The number of nitrogens with one attached hydrogen (secondary N) is 2. The molecule has 0 aliphatic rings. The lowest BCUT2D eigenvalue weighted by atomic mass is 10.2. The molecule has 0 atom stereocenters. The number of rotatable bonds is 9. The van der Waals surface area contributed by atoms with Crippen molar-refractivity contribution in [1.29, 1.82) is 0 Å². The zero-order chi connectivity index (χ0) is 24.0. The number of benzene rings is 2. The zero-order valence-electron chi connectivity index (χ0n) is 18.6. The lowest BCUT2D eigenvalue weighted by Gasteiger charge is -2.10. The van der Waals surface area contributed by atoms with E-state index in [-0.39, 0.29) is 24.1 Å². The number of carbonyl (C=O) groups excluding carboxylic acids is 2. The molecule has 33 heavy (non-hydrogen) atoms. The van der Waals surface area contributed by atoms with Crippen LogP contribution in [0, 0.1) is 12.7 Å². The maximum Gasteiger partial charge on any atom is 0.251 e. The maximum atomic E-state index is 13.4. The summed E-state index contributed by atoms with van der Waals surface area (Å²) in [5.41, 5.74) is 1.60. The Labute approximate surface area is 194 Å². The van der Waals surface area contributed by atoms with Gasteiger partial charge in [-0.15, -0.1) is 10.2 Å². The fourth-order valence-electron chi connectivity index (χ4n) is 2.91. The minimum Gasteiger partial charge on any atom is -0.493 e. The van der Waals surface area contributed by atoms with Crippen molar-refractivity contribution in [2.45, 2.75) is 18.6 Å². The summed E-state index contributed by atoms with van der Waals surface area (Å²) in [5.74, 6) is 0.553. The molecule has 0 aliphatic carbocycles.